The van der Waals surface area contributed by atoms with Crippen LogP contribution in [0.3, 0.4) is 0 Å². The standard InChI is InChI=1S/C13H12BrNO4/c1-7-3-4-8(14)5-9(7)12-15-10(6-18-2)11(19-12)13(16)17/h3-5H,6H2,1-2H3,(H,16,17). The van der Waals surface area contributed by atoms with Crippen LogP contribution in [0.15, 0.2) is 27.1 Å². The molecule has 0 atom stereocenters. The number of ether oxygens (including phenoxy) is 1. The molecular weight excluding hydrogens is 314 g/mol. The van der Waals surface area contributed by atoms with E-state index >= 15 is 0 Å². The third-order valence-electron chi connectivity index (χ3n) is 2.60. The Morgan fingerprint density at radius 2 is 2.26 bits per heavy atom. The number of nitrogens with zero attached hydrogens (tertiary/aromatic N) is 1. The van der Waals surface area contributed by atoms with Gasteiger partial charge in [0.2, 0.25) is 11.7 Å². The summed E-state index contributed by atoms with van der Waals surface area (Å²) in [4.78, 5) is 15.3. The van der Waals surface area contributed by atoms with Crippen molar-refractivity contribution in [2.75, 3.05) is 7.11 Å². The second-order valence-electron chi connectivity index (χ2n) is 3.99. The highest BCUT2D eigenvalue weighted by Crippen LogP contribution is 2.28. The zero-order chi connectivity index (χ0) is 14.0. The molecule has 0 aliphatic heterocycles. The van der Waals surface area contributed by atoms with E-state index in [0.29, 0.717) is 0 Å². The van der Waals surface area contributed by atoms with Crippen LogP contribution < -0.4 is 0 Å². The summed E-state index contributed by atoms with van der Waals surface area (Å²) < 4.78 is 11.1. The molecule has 0 spiro atoms. The van der Waals surface area contributed by atoms with Crippen molar-refractivity contribution in [1.82, 2.24) is 4.98 Å². The Labute approximate surface area is 118 Å². The first-order valence-corrected chi connectivity index (χ1v) is 6.30. The van der Waals surface area contributed by atoms with Crippen LogP contribution in [0.2, 0.25) is 0 Å². The van der Waals surface area contributed by atoms with Crippen molar-refractivity contribution in [2.24, 2.45) is 0 Å². The smallest absolute Gasteiger partial charge is 0.373 e. The van der Waals surface area contributed by atoms with Gasteiger partial charge in [-0.05, 0) is 24.6 Å². The molecule has 0 amide bonds. The summed E-state index contributed by atoms with van der Waals surface area (Å²) in [6.07, 6.45) is 0. The van der Waals surface area contributed by atoms with E-state index in [1.165, 1.54) is 7.11 Å². The van der Waals surface area contributed by atoms with Crippen molar-refractivity contribution in [3.8, 4) is 11.5 Å². The summed E-state index contributed by atoms with van der Waals surface area (Å²) >= 11 is 3.37. The molecule has 0 fully saturated rings. The molecule has 0 bridgehead atoms. The highest BCUT2D eigenvalue weighted by atomic mass is 79.9. The Morgan fingerprint density at radius 1 is 1.53 bits per heavy atom. The van der Waals surface area contributed by atoms with E-state index < -0.39 is 5.97 Å². The third-order valence-corrected chi connectivity index (χ3v) is 3.10. The molecule has 1 aromatic heterocycles. The fourth-order valence-corrected chi connectivity index (χ4v) is 2.05. The molecule has 0 unspecified atom stereocenters. The summed E-state index contributed by atoms with van der Waals surface area (Å²) in [6.45, 7) is 2.00. The number of carboxylic acids is 1. The van der Waals surface area contributed by atoms with Gasteiger partial charge in [-0.25, -0.2) is 9.78 Å². The van der Waals surface area contributed by atoms with Crippen molar-refractivity contribution in [3.05, 3.63) is 39.7 Å². The van der Waals surface area contributed by atoms with Crippen molar-refractivity contribution in [1.29, 1.82) is 0 Å². The molecule has 5 nitrogen and oxygen atoms in total. The number of aromatic nitrogens is 1. The van der Waals surface area contributed by atoms with Gasteiger partial charge in [0, 0.05) is 17.1 Å². The van der Waals surface area contributed by atoms with Crippen LogP contribution in [0.25, 0.3) is 11.5 Å². The maximum absolute atomic E-state index is 11.1. The summed E-state index contributed by atoms with van der Waals surface area (Å²) in [5.74, 6) is -1.06. The molecule has 1 N–H and O–H groups in total. The van der Waals surface area contributed by atoms with Crippen molar-refractivity contribution >= 4 is 21.9 Å². The van der Waals surface area contributed by atoms with Crippen LogP contribution in [0, 0.1) is 6.92 Å². The molecule has 0 aliphatic carbocycles. The van der Waals surface area contributed by atoms with Gasteiger partial charge in [-0.2, -0.15) is 0 Å². The minimum Gasteiger partial charge on any atom is -0.475 e. The molecule has 2 aromatic rings. The Bertz CT molecular complexity index is 621. The van der Waals surface area contributed by atoms with Crippen LogP contribution in [-0.4, -0.2) is 23.2 Å². The Balaban J connectivity index is 2.53. The number of aromatic carboxylic acids is 1. The number of rotatable bonds is 4. The second-order valence-corrected chi connectivity index (χ2v) is 4.91. The average Bonchev–Trinajstić information content (AvgIpc) is 2.77. The van der Waals surface area contributed by atoms with Crippen LogP contribution in [-0.2, 0) is 11.3 Å². The highest BCUT2D eigenvalue weighted by molar-refractivity contribution is 9.10. The first-order chi connectivity index (χ1) is 9.02. The number of hydrogen-bond donors (Lipinski definition) is 1. The summed E-state index contributed by atoms with van der Waals surface area (Å²) in [5, 5.41) is 9.08. The molecule has 0 saturated heterocycles. The average molecular weight is 326 g/mol. The lowest BCUT2D eigenvalue weighted by molar-refractivity contribution is 0.0656. The number of carboxylic acid groups (broad SMARTS) is 1. The van der Waals surface area contributed by atoms with E-state index in [1.54, 1.807) is 0 Å². The van der Waals surface area contributed by atoms with Gasteiger partial charge in [-0.1, -0.05) is 22.0 Å². The van der Waals surface area contributed by atoms with Gasteiger partial charge < -0.3 is 14.3 Å². The molecule has 0 saturated carbocycles. The van der Waals surface area contributed by atoms with E-state index in [2.05, 4.69) is 20.9 Å². The number of halogens is 1. The Kier molecular flexibility index (Phi) is 4.01. The van der Waals surface area contributed by atoms with Crippen LogP contribution >= 0.6 is 15.9 Å². The maximum atomic E-state index is 11.1. The predicted octanol–water partition coefficient (Wildman–Crippen LogP) is 3.26. The normalized spacial score (nSPS) is 10.7. The van der Waals surface area contributed by atoms with Crippen LogP contribution in [0.1, 0.15) is 21.8 Å². The molecule has 0 radical (unpaired) electrons. The fourth-order valence-electron chi connectivity index (χ4n) is 1.69. The van der Waals surface area contributed by atoms with Gasteiger partial charge in [-0.15, -0.1) is 0 Å². The summed E-state index contributed by atoms with van der Waals surface area (Å²) in [7, 11) is 1.48. The lowest BCUT2D eigenvalue weighted by Crippen LogP contribution is -2.00. The molecule has 0 aliphatic rings. The third kappa shape index (κ3) is 2.85. The Morgan fingerprint density at radius 3 is 2.89 bits per heavy atom. The minimum atomic E-state index is -1.15. The van der Waals surface area contributed by atoms with Gasteiger partial charge >= 0.3 is 5.97 Å². The molecule has 19 heavy (non-hydrogen) atoms. The maximum Gasteiger partial charge on any atom is 0.373 e. The van der Waals surface area contributed by atoms with E-state index in [9.17, 15) is 4.79 Å². The SMILES string of the molecule is COCc1nc(-c2cc(Br)ccc2C)oc1C(=O)O. The van der Waals surface area contributed by atoms with Gasteiger partial charge in [-0.3, -0.25) is 0 Å². The minimum absolute atomic E-state index is 0.0954. The summed E-state index contributed by atoms with van der Waals surface area (Å²) in [6, 6.07) is 5.64. The van der Waals surface area contributed by atoms with Crippen LogP contribution in [0.5, 0.6) is 0 Å². The highest BCUT2D eigenvalue weighted by Gasteiger charge is 2.21. The first kappa shape index (κ1) is 13.8. The number of methoxy groups -OCH3 is 1. The number of carbonyl (C=O) groups is 1. The topological polar surface area (TPSA) is 72.6 Å². The molecular formula is C13H12BrNO4. The second kappa shape index (κ2) is 5.54. The zero-order valence-corrected chi connectivity index (χ0v) is 12.0. The van der Waals surface area contributed by atoms with Gasteiger partial charge in [0.1, 0.15) is 5.69 Å². The van der Waals surface area contributed by atoms with Crippen molar-refractivity contribution < 1.29 is 19.1 Å². The van der Waals surface area contributed by atoms with Gasteiger partial charge in [0.15, 0.2) is 0 Å². The number of benzene rings is 1. The van der Waals surface area contributed by atoms with E-state index in [4.69, 9.17) is 14.3 Å². The number of oxazole rings is 1. The fraction of sp³-hybridized carbons (Fsp3) is 0.231. The monoisotopic (exact) mass is 325 g/mol. The lowest BCUT2D eigenvalue weighted by Gasteiger charge is -2.01. The predicted molar refractivity (Wildman–Crippen MR) is 72.0 cm³/mol. The van der Waals surface area contributed by atoms with Gasteiger partial charge in [0.25, 0.3) is 0 Å². The molecule has 1 heterocycles. The molecule has 2 rings (SSSR count). The van der Waals surface area contributed by atoms with E-state index in [1.807, 2.05) is 25.1 Å². The zero-order valence-electron chi connectivity index (χ0n) is 10.4. The summed E-state index contributed by atoms with van der Waals surface area (Å²) in [5.41, 5.74) is 1.98. The molecule has 6 heteroatoms. The van der Waals surface area contributed by atoms with Crippen molar-refractivity contribution in [2.45, 2.75) is 13.5 Å². The molecule has 1 aromatic carbocycles. The lowest BCUT2D eigenvalue weighted by atomic mass is 10.1. The molecule has 100 valence electrons. The first-order valence-electron chi connectivity index (χ1n) is 5.51. The number of hydrogen-bond acceptors (Lipinski definition) is 4. The largest absolute Gasteiger partial charge is 0.475 e. The van der Waals surface area contributed by atoms with E-state index in [0.717, 1.165) is 15.6 Å². The van der Waals surface area contributed by atoms with E-state index in [-0.39, 0.29) is 24.0 Å². The quantitative estimate of drug-likeness (QED) is 0.934. The van der Waals surface area contributed by atoms with Crippen LogP contribution in [0.4, 0.5) is 0 Å². The Hall–Kier alpha value is -1.66. The van der Waals surface area contributed by atoms with Gasteiger partial charge in [0.05, 0.1) is 6.61 Å². The number of aryl methyl sites for hydroxylation is 1. The van der Waals surface area contributed by atoms with Crippen molar-refractivity contribution in [3.63, 3.8) is 0 Å².